The van der Waals surface area contributed by atoms with E-state index in [1.807, 2.05) is 6.07 Å². The first-order chi connectivity index (χ1) is 18.5. The molecule has 1 aromatic carbocycles. The number of nitrogens with zero attached hydrogens (tertiary/aromatic N) is 4. The summed E-state index contributed by atoms with van der Waals surface area (Å²) < 4.78 is 0. The van der Waals surface area contributed by atoms with Gasteiger partial charge in [0.1, 0.15) is 6.04 Å². The number of amides is 2. The number of carbonyl (C=O) groups excluding carboxylic acids is 2. The molecule has 5 heterocycles. The monoisotopic (exact) mass is 519 g/mol. The summed E-state index contributed by atoms with van der Waals surface area (Å²) in [5.41, 5.74) is 3.78. The zero-order valence-corrected chi connectivity index (χ0v) is 23.0. The summed E-state index contributed by atoms with van der Waals surface area (Å²) >= 11 is 0. The lowest BCUT2D eigenvalue weighted by molar-refractivity contribution is -0.126. The van der Waals surface area contributed by atoms with Gasteiger partial charge in [0, 0.05) is 49.7 Å². The molecule has 0 spiro atoms. The van der Waals surface area contributed by atoms with Crippen LogP contribution in [0.15, 0.2) is 30.5 Å². The summed E-state index contributed by atoms with van der Waals surface area (Å²) in [7, 11) is 0. The van der Waals surface area contributed by atoms with Crippen molar-refractivity contribution in [3.05, 3.63) is 41.6 Å². The van der Waals surface area contributed by atoms with Gasteiger partial charge < -0.3 is 24.9 Å². The highest BCUT2D eigenvalue weighted by Crippen LogP contribution is 2.33. The zero-order valence-electron chi connectivity index (χ0n) is 23.0. The Morgan fingerprint density at radius 3 is 2.16 bits per heavy atom. The first kappa shape index (κ1) is 25.9. The molecular weight excluding hydrogens is 474 g/mol. The van der Waals surface area contributed by atoms with Crippen molar-refractivity contribution in [2.24, 2.45) is 11.8 Å². The fourth-order valence-electron chi connectivity index (χ4n) is 7.44. The van der Waals surface area contributed by atoms with Crippen LogP contribution in [0.2, 0.25) is 0 Å². The molecule has 5 aliphatic heterocycles. The molecule has 6 rings (SSSR count). The number of likely N-dealkylation sites (tertiary alicyclic amines) is 2. The number of benzene rings is 1. The number of carbonyl (C=O) groups is 2. The average molecular weight is 520 g/mol. The Morgan fingerprint density at radius 1 is 0.816 bits per heavy atom. The van der Waals surface area contributed by atoms with Crippen molar-refractivity contribution in [1.82, 2.24) is 20.0 Å². The molecule has 1 aromatic rings. The zero-order chi connectivity index (χ0) is 26.1. The van der Waals surface area contributed by atoms with Gasteiger partial charge in [0.15, 0.2) is 0 Å². The predicted octanol–water partition coefficient (Wildman–Crippen LogP) is 3.85. The molecule has 5 aliphatic rings. The second-order valence-corrected chi connectivity index (χ2v) is 12.5. The van der Waals surface area contributed by atoms with Crippen molar-refractivity contribution >= 4 is 17.5 Å². The third-order valence-corrected chi connectivity index (χ3v) is 9.79. The molecule has 4 saturated heterocycles. The van der Waals surface area contributed by atoms with E-state index in [9.17, 15) is 9.59 Å². The number of rotatable bonds is 6. The van der Waals surface area contributed by atoms with Gasteiger partial charge in [0.25, 0.3) is 5.91 Å². The maximum atomic E-state index is 13.1. The molecule has 0 bridgehead atoms. The molecule has 38 heavy (non-hydrogen) atoms. The number of hydrogen-bond donors (Lipinski definition) is 1. The van der Waals surface area contributed by atoms with Crippen LogP contribution < -0.4 is 10.2 Å². The van der Waals surface area contributed by atoms with E-state index >= 15 is 0 Å². The second-order valence-electron chi connectivity index (χ2n) is 12.5. The van der Waals surface area contributed by atoms with E-state index in [1.165, 1.54) is 89.9 Å². The average Bonchev–Trinajstić information content (AvgIpc) is 3.26. The van der Waals surface area contributed by atoms with Crippen molar-refractivity contribution in [3.8, 4) is 0 Å². The van der Waals surface area contributed by atoms with Crippen LogP contribution in [0.3, 0.4) is 0 Å². The summed E-state index contributed by atoms with van der Waals surface area (Å²) in [6, 6.07) is 5.89. The largest absolute Gasteiger partial charge is 0.372 e. The van der Waals surface area contributed by atoms with E-state index in [-0.39, 0.29) is 11.8 Å². The Bertz CT molecular complexity index is 1030. The molecule has 1 N–H and O–H groups in total. The smallest absolute Gasteiger partial charge is 0.255 e. The lowest BCUT2D eigenvalue weighted by Gasteiger charge is -2.39. The van der Waals surface area contributed by atoms with Gasteiger partial charge >= 0.3 is 0 Å². The van der Waals surface area contributed by atoms with Crippen molar-refractivity contribution in [3.63, 3.8) is 0 Å². The highest BCUT2D eigenvalue weighted by atomic mass is 16.2. The molecule has 0 aliphatic carbocycles. The van der Waals surface area contributed by atoms with Crippen LogP contribution in [0.25, 0.3) is 0 Å². The third-order valence-electron chi connectivity index (χ3n) is 9.79. The minimum atomic E-state index is -0.394. The van der Waals surface area contributed by atoms with Crippen LogP contribution in [0.4, 0.5) is 5.69 Å². The molecule has 2 amide bonds. The predicted molar refractivity (Wildman–Crippen MR) is 151 cm³/mol. The third kappa shape index (κ3) is 5.64. The van der Waals surface area contributed by atoms with Gasteiger partial charge in [-0.15, -0.1) is 0 Å². The van der Waals surface area contributed by atoms with E-state index in [2.05, 4.69) is 38.7 Å². The van der Waals surface area contributed by atoms with E-state index in [0.29, 0.717) is 13.0 Å². The number of fused-ring (bicyclic) bond motifs is 1. The summed E-state index contributed by atoms with van der Waals surface area (Å²) in [5.74, 6) is 1.57. The molecular formula is C31H45N5O2. The summed E-state index contributed by atoms with van der Waals surface area (Å²) in [5, 5.41) is 2.83. The molecule has 0 aromatic heterocycles. The van der Waals surface area contributed by atoms with E-state index < -0.39 is 6.04 Å². The van der Waals surface area contributed by atoms with Crippen LogP contribution >= 0.6 is 0 Å². The van der Waals surface area contributed by atoms with E-state index in [0.717, 1.165) is 48.2 Å². The van der Waals surface area contributed by atoms with Crippen molar-refractivity contribution in [2.75, 3.05) is 57.3 Å². The van der Waals surface area contributed by atoms with E-state index in [1.54, 1.807) is 4.90 Å². The lowest BCUT2D eigenvalue weighted by atomic mass is 9.92. The van der Waals surface area contributed by atoms with E-state index in [4.69, 9.17) is 0 Å². The second kappa shape index (κ2) is 11.4. The summed E-state index contributed by atoms with van der Waals surface area (Å²) in [4.78, 5) is 35.3. The van der Waals surface area contributed by atoms with Crippen LogP contribution in [0, 0.1) is 11.8 Å². The Labute approximate surface area is 228 Å². The SMILES string of the molecule is C=C1CCC(N2Cc3cc(N4CCC(CN5CCC(CN6CCCCC6)CC5)CC4)ccc3C2=O)C(=O)N1. The van der Waals surface area contributed by atoms with Crippen LogP contribution in [0.5, 0.6) is 0 Å². The van der Waals surface area contributed by atoms with Gasteiger partial charge in [-0.2, -0.15) is 0 Å². The molecule has 0 saturated carbocycles. The number of piperidine rings is 4. The molecule has 4 fully saturated rings. The molecule has 206 valence electrons. The van der Waals surface area contributed by atoms with Crippen molar-refractivity contribution < 1.29 is 9.59 Å². The van der Waals surface area contributed by atoms with Crippen LogP contribution in [0.1, 0.15) is 73.7 Å². The topological polar surface area (TPSA) is 59.1 Å². The number of nitrogens with one attached hydrogen (secondary N) is 1. The highest BCUT2D eigenvalue weighted by Gasteiger charge is 2.38. The lowest BCUT2D eigenvalue weighted by Crippen LogP contribution is -2.49. The first-order valence-electron chi connectivity index (χ1n) is 15.2. The van der Waals surface area contributed by atoms with Crippen molar-refractivity contribution in [2.45, 2.75) is 70.4 Å². The Hall–Kier alpha value is -2.38. The Kier molecular flexibility index (Phi) is 7.75. The van der Waals surface area contributed by atoms with Gasteiger partial charge in [-0.1, -0.05) is 13.0 Å². The summed E-state index contributed by atoms with van der Waals surface area (Å²) in [6.07, 6.45) is 10.8. The van der Waals surface area contributed by atoms with Gasteiger partial charge in [-0.3, -0.25) is 9.59 Å². The minimum absolute atomic E-state index is 0.0161. The normalized spacial score (nSPS) is 26.6. The number of allylic oxidation sites excluding steroid dienone is 1. The highest BCUT2D eigenvalue weighted by molar-refractivity contribution is 6.01. The summed E-state index contributed by atoms with van der Waals surface area (Å²) in [6.45, 7) is 14.4. The Morgan fingerprint density at radius 2 is 1.47 bits per heavy atom. The molecule has 0 radical (unpaired) electrons. The van der Waals surface area contributed by atoms with Gasteiger partial charge in [0.2, 0.25) is 5.91 Å². The van der Waals surface area contributed by atoms with Gasteiger partial charge in [-0.25, -0.2) is 0 Å². The first-order valence-corrected chi connectivity index (χ1v) is 15.2. The van der Waals surface area contributed by atoms with Crippen LogP contribution in [-0.4, -0.2) is 84.9 Å². The molecule has 7 heteroatoms. The fraction of sp³-hybridized carbons (Fsp3) is 0.677. The molecule has 7 nitrogen and oxygen atoms in total. The van der Waals surface area contributed by atoms with Crippen molar-refractivity contribution in [1.29, 1.82) is 0 Å². The maximum absolute atomic E-state index is 13.1. The fourth-order valence-corrected chi connectivity index (χ4v) is 7.44. The van der Waals surface area contributed by atoms with Crippen LogP contribution in [-0.2, 0) is 11.3 Å². The molecule has 1 unspecified atom stereocenters. The van der Waals surface area contributed by atoms with Gasteiger partial charge in [0.05, 0.1) is 0 Å². The standard InChI is InChI=1S/C31H45N5O2/c1-23-5-8-29(30(37)32-23)36-22-26-19-27(6-7-28(26)31(36)38)35-17-11-25(12-18-35)21-34-15-9-24(10-16-34)20-33-13-3-2-4-14-33/h6-7,19,24-25,29H,1-5,8-18,20-22H2,(H,32,37). The number of anilines is 1. The Balaban J connectivity index is 0.968. The molecule has 1 atom stereocenters. The number of hydrogen-bond acceptors (Lipinski definition) is 5. The van der Waals surface area contributed by atoms with Gasteiger partial charge in [-0.05, 0) is 113 Å². The maximum Gasteiger partial charge on any atom is 0.255 e. The quantitative estimate of drug-likeness (QED) is 0.619. The minimum Gasteiger partial charge on any atom is -0.372 e.